The summed E-state index contributed by atoms with van der Waals surface area (Å²) in [7, 11) is -3.86. The number of sulfonamides is 1. The summed E-state index contributed by atoms with van der Waals surface area (Å²) in [5, 5.41) is 10.5. The summed E-state index contributed by atoms with van der Waals surface area (Å²) < 4.78 is 27.4. The van der Waals surface area contributed by atoms with Crippen molar-refractivity contribution in [1.29, 1.82) is 0 Å². The Morgan fingerprint density at radius 1 is 1.10 bits per heavy atom. The number of fused-ring (bicyclic) bond motifs is 1. The Balaban J connectivity index is 2.03. The molecular formula is C21H23ClN2O4S. The summed E-state index contributed by atoms with van der Waals surface area (Å²) in [6.07, 6.45) is 0.261. The zero-order chi connectivity index (χ0) is 21.2. The second-order valence-corrected chi connectivity index (χ2v) is 9.34. The fourth-order valence-electron chi connectivity index (χ4n) is 3.16. The summed E-state index contributed by atoms with van der Waals surface area (Å²) in [6.45, 7) is 3.75. The molecular weight excluding hydrogens is 412 g/mol. The van der Waals surface area contributed by atoms with Crippen molar-refractivity contribution in [2.75, 3.05) is 13.2 Å². The number of rotatable bonds is 7. The number of hydrogen-bond acceptors (Lipinski definition) is 4. The molecule has 0 bridgehead atoms. The molecule has 2 N–H and O–H groups in total. The van der Waals surface area contributed by atoms with Gasteiger partial charge in [0.05, 0.1) is 10.4 Å². The van der Waals surface area contributed by atoms with Gasteiger partial charge in [0.25, 0.3) is 5.56 Å². The molecule has 0 atom stereocenters. The number of nitrogens with one attached hydrogen (secondary N) is 1. The van der Waals surface area contributed by atoms with Gasteiger partial charge in [-0.2, -0.15) is 4.31 Å². The molecule has 0 radical (unpaired) electrons. The minimum Gasteiger partial charge on any atom is -0.396 e. The summed E-state index contributed by atoms with van der Waals surface area (Å²) in [6, 6.07) is 11.5. The average Bonchev–Trinajstić information content (AvgIpc) is 2.69. The number of nitrogens with zero attached hydrogens (tertiary/aromatic N) is 1. The first-order valence-corrected chi connectivity index (χ1v) is 11.0. The molecule has 0 aliphatic heterocycles. The number of pyridine rings is 1. The fraction of sp³-hybridized carbons (Fsp3) is 0.286. The number of halogens is 1. The van der Waals surface area contributed by atoms with Crippen LogP contribution in [0.2, 0.25) is 5.02 Å². The molecule has 0 saturated heterocycles. The Bertz CT molecular complexity index is 1190. The van der Waals surface area contributed by atoms with Gasteiger partial charge in [-0.25, -0.2) is 8.42 Å². The maximum atomic E-state index is 13.1. The van der Waals surface area contributed by atoms with E-state index in [4.69, 9.17) is 11.6 Å². The van der Waals surface area contributed by atoms with Gasteiger partial charge >= 0.3 is 0 Å². The lowest BCUT2D eigenvalue weighted by atomic mass is 10.0. The van der Waals surface area contributed by atoms with Crippen molar-refractivity contribution in [2.45, 2.75) is 31.7 Å². The van der Waals surface area contributed by atoms with E-state index >= 15 is 0 Å². The number of aromatic nitrogens is 1. The van der Waals surface area contributed by atoms with E-state index in [2.05, 4.69) is 4.98 Å². The highest BCUT2D eigenvalue weighted by molar-refractivity contribution is 7.89. The average molecular weight is 435 g/mol. The van der Waals surface area contributed by atoms with Crippen molar-refractivity contribution >= 4 is 32.5 Å². The number of aliphatic hydroxyl groups excluding tert-OH is 1. The molecule has 0 aliphatic carbocycles. The highest BCUT2D eigenvalue weighted by atomic mass is 35.5. The van der Waals surface area contributed by atoms with Crippen LogP contribution in [0.15, 0.2) is 52.2 Å². The molecule has 2 aromatic carbocycles. The molecule has 0 fully saturated rings. The van der Waals surface area contributed by atoms with Gasteiger partial charge in [0.1, 0.15) is 0 Å². The van der Waals surface area contributed by atoms with E-state index in [1.807, 2.05) is 26.0 Å². The van der Waals surface area contributed by atoms with Gasteiger partial charge in [-0.15, -0.1) is 0 Å². The molecule has 0 spiro atoms. The molecule has 29 heavy (non-hydrogen) atoms. The molecule has 6 nitrogen and oxygen atoms in total. The molecule has 0 amide bonds. The number of aliphatic hydroxyl groups is 1. The highest BCUT2D eigenvalue weighted by Crippen LogP contribution is 2.22. The second-order valence-electron chi connectivity index (χ2n) is 6.97. The number of aryl methyl sites for hydroxylation is 2. The monoisotopic (exact) mass is 434 g/mol. The standard InChI is InChI=1S/C21H23ClN2O4S/c1-14-4-5-16-12-17(21(26)23-20(16)15(14)2)13-24(10-3-11-25)29(27,28)19-8-6-18(22)7-9-19/h4-9,12,25H,3,10-11,13H2,1-2H3,(H,23,26). The summed E-state index contributed by atoms with van der Waals surface area (Å²) >= 11 is 5.87. The van der Waals surface area contributed by atoms with Crippen LogP contribution >= 0.6 is 11.6 Å². The van der Waals surface area contributed by atoms with Gasteiger partial charge in [-0.05, 0) is 67.1 Å². The zero-order valence-electron chi connectivity index (χ0n) is 16.3. The van der Waals surface area contributed by atoms with E-state index in [1.165, 1.54) is 28.6 Å². The van der Waals surface area contributed by atoms with Crippen LogP contribution in [0.1, 0.15) is 23.1 Å². The molecule has 1 aromatic heterocycles. The fourth-order valence-corrected chi connectivity index (χ4v) is 4.75. The van der Waals surface area contributed by atoms with Crippen molar-refractivity contribution in [3.63, 3.8) is 0 Å². The molecule has 154 valence electrons. The Kier molecular flexibility index (Phi) is 6.43. The van der Waals surface area contributed by atoms with Crippen molar-refractivity contribution in [2.24, 2.45) is 0 Å². The summed E-state index contributed by atoms with van der Waals surface area (Å²) in [4.78, 5) is 15.6. The normalized spacial score (nSPS) is 12.0. The SMILES string of the molecule is Cc1ccc2cc(CN(CCCO)S(=O)(=O)c3ccc(Cl)cc3)c(=O)[nH]c2c1C. The van der Waals surface area contributed by atoms with E-state index in [0.717, 1.165) is 22.0 Å². The Morgan fingerprint density at radius 2 is 1.79 bits per heavy atom. The summed E-state index contributed by atoms with van der Waals surface area (Å²) in [5.74, 6) is 0. The van der Waals surface area contributed by atoms with Gasteiger partial charge in [0.2, 0.25) is 10.0 Å². The number of hydrogen-bond donors (Lipinski definition) is 2. The van der Waals surface area contributed by atoms with Gasteiger partial charge in [0, 0.05) is 30.3 Å². The van der Waals surface area contributed by atoms with Crippen LogP contribution in [-0.4, -0.2) is 36.0 Å². The molecule has 0 aliphatic rings. The van der Waals surface area contributed by atoms with Gasteiger partial charge in [0.15, 0.2) is 0 Å². The molecule has 3 aromatic rings. The third-order valence-corrected chi connectivity index (χ3v) is 7.10. The first-order chi connectivity index (χ1) is 13.7. The van der Waals surface area contributed by atoms with Crippen LogP contribution in [0, 0.1) is 13.8 Å². The van der Waals surface area contributed by atoms with Crippen LogP contribution in [0.4, 0.5) is 0 Å². The predicted octanol–water partition coefficient (Wildman–Crippen LogP) is 3.37. The second kappa shape index (κ2) is 8.67. The lowest BCUT2D eigenvalue weighted by Gasteiger charge is -2.22. The quantitative estimate of drug-likeness (QED) is 0.596. The van der Waals surface area contributed by atoms with Crippen molar-refractivity contribution in [3.05, 3.63) is 74.5 Å². The van der Waals surface area contributed by atoms with E-state index in [0.29, 0.717) is 10.6 Å². The molecule has 8 heteroatoms. The van der Waals surface area contributed by atoms with E-state index in [1.54, 1.807) is 6.07 Å². The Labute approximate surface area is 174 Å². The lowest BCUT2D eigenvalue weighted by molar-refractivity contribution is 0.267. The van der Waals surface area contributed by atoms with Crippen LogP contribution in [0.3, 0.4) is 0 Å². The van der Waals surface area contributed by atoms with E-state index in [9.17, 15) is 18.3 Å². The number of benzene rings is 2. The van der Waals surface area contributed by atoms with Crippen LogP contribution in [-0.2, 0) is 16.6 Å². The minimum atomic E-state index is -3.86. The zero-order valence-corrected chi connectivity index (χ0v) is 17.8. The first kappa shape index (κ1) is 21.5. The topological polar surface area (TPSA) is 90.5 Å². The third-order valence-electron chi connectivity index (χ3n) is 4.99. The molecule has 0 unspecified atom stereocenters. The first-order valence-electron chi connectivity index (χ1n) is 9.22. The maximum absolute atomic E-state index is 13.1. The van der Waals surface area contributed by atoms with Crippen molar-refractivity contribution in [1.82, 2.24) is 9.29 Å². The number of H-pyrrole nitrogens is 1. The van der Waals surface area contributed by atoms with Crippen molar-refractivity contribution < 1.29 is 13.5 Å². The Morgan fingerprint density at radius 3 is 2.45 bits per heavy atom. The molecule has 1 heterocycles. The van der Waals surface area contributed by atoms with Crippen LogP contribution in [0.25, 0.3) is 10.9 Å². The molecule has 3 rings (SSSR count). The largest absolute Gasteiger partial charge is 0.396 e. The van der Waals surface area contributed by atoms with Crippen molar-refractivity contribution in [3.8, 4) is 0 Å². The van der Waals surface area contributed by atoms with E-state index < -0.39 is 10.0 Å². The Hall–Kier alpha value is -2.19. The predicted molar refractivity (Wildman–Crippen MR) is 115 cm³/mol. The van der Waals surface area contributed by atoms with E-state index in [-0.39, 0.29) is 36.6 Å². The van der Waals surface area contributed by atoms with Gasteiger partial charge in [-0.1, -0.05) is 23.7 Å². The highest BCUT2D eigenvalue weighted by Gasteiger charge is 2.25. The lowest BCUT2D eigenvalue weighted by Crippen LogP contribution is -2.34. The molecule has 0 saturated carbocycles. The smallest absolute Gasteiger partial charge is 0.252 e. The maximum Gasteiger partial charge on any atom is 0.252 e. The third kappa shape index (κ3) is 4.53. The van der Waals surface area contributed by atoms with Crippen LogP contribution in [0.5, 0.6) is 0 Å². The van der Waals surface area contributed by atoms with Gasteiger partial charge < -0.3 is 10.1 Å². The minimum absolute atomic E-state index is 0.0866. The summed E-state index contributed by atoms with van der Waals surface area (Å²) in [5.41, 5.74) is 2.82. The van der Waals surface area contributed by atoms with Crippen LogP contribution < -0.4 is 5.56 Å². The van der Waals surface area contributed by atoms with Gasteiger partial charge in [-0.3, -0.25) is 4.79 Å². The number of aromatic amines is 1.